The highest BCUT2D eigenvalue weighted by atomic mass is 19.4. The second-order valence-corrected chi connectivity index (χ2v) is 4.29. The fraction of sp³-hybridized carbons (Fsp3) is 0.125. The van der Waals surface area contributed by atoms with E-state index in [1.54, 1.807) is 36.4 Å². The normalized spacial score (nSPS) is 14.0. The number of benzene rings is 2. The van der Waals surface area contributed by atoms with E-state index in [0.29, 0.717) is 5.56 Å². The molecule has 0 bridgehead atoms. The molecule has 0 radical (unpaired) electrons. The highest BCUT2D eigenvalue weighted by molar-refractivity contribution is 5.42. The van der Waals surface area contributed by atoms with Gasteiger partial charge in [-0.05, 0) is 17.7 Å². The Labute approximate surface area is 115 Å². The number of rotatable bonds is 1. The maximum Gasteiger partial charge on any atom is 0.422 e. The highest BCUT2D eigenvalue weighted by Crippen LogP contribution is 2.36. The van der Waals surface area contributed by atoms with Crippen LogP contribution in [0.5, 0.6) is 0 Å². The smallest absolute Gasteiger partial charge is 0.304 e. The topological polar surface area (TPSA) is 26.0 Å². The Kier molecular flexibility index (Phi) is 3.82. The number of nitrogens with two attached hydrogens (primary N) is 1. The minimum absolute atomic E-state index is 0.0732. The van der Waals surface area contributed by atoms with Gasteiger partial charge < -0.3 is 5.73 Å². The summed E-state index contributed by atoms with van der Waals surface area (Å²) in [4.78, 5) is 0. The molecule has 0 aliphatic carbocycles. The average molecular weight is 275 g/mol. The van der Waals surface area contributed by atoms with Gasteiger partial charge in [0.2, 0.25) is 0 Å². The van der Waals surface area contributed by atoms with Crippen molar-refractivity contribution in [2.75, 3.05) is 0 Å². The minimum Gasteiger partial charge on any atom is -0.304 e. The number of alkyl halides is 3. The Balaban J connectivity index is 2.48. The van der Waals surface area contributed by atoms with Crippen molar-refractivity contribution in [1.82, 2.24) is 0 Å². The van der Waals surface area contributed by atoms with Gasteiger partial charge in [-0.25, -0.2) is 0 Å². The van der Waals surface area contributed by atoms with E-state index in [1.165, 1.54) is 24.3 Å². The van der Waals surface area contributed by atoms with E-state index >= 15 is 0 Å². The summed E-state index contributed by atoms with van der Waals surface area (Å²) in [5.41, 5.74) is 3.28. The third-order valence-electron chi connectivity index (χ3n) is 2.85. The lowest BCUT2D eigenvalue weighted by molar-refractivity contribution is -0.171. The van der Waals surface area contributed by atoms with Crippen molar-refractivity contribution < 1.29 is 13.2 Å². The Morgan fingerprint density at radius 3 is 1.80 bits per heavy atom. The lowest BCUT2D eigenvalue weighted by atomic mass is 9.90. The van der Waals surface area contributed by atoms with Gasteiger partial charge >= 0.3 is 6.18 Å². The number of hydrogen-bond acceptors (Lipinski definition) is 1. The van der Waals surface area contributed by atoms with Gasteiger partial charge in [-0.1, -0.05) is 60.4 Å². The molecular formula is C16H12F3N. The minimum atomic E-state index is -4.66. The Bertz CT molecular complexity index is 624. The molecular weight excluding hydrogens is 263 g/mol. The largest absolute Gasteiger partial charge is 0.422 e. The molecule has 2 N–H and O–H groups in total. The first-order chi connectivity index (χ1) is 9.43. The molecule has 0 aliphatic heterocycles. The van der Waals surface area contributed by atoms with Gasteiger partial charge in [-0.2, -0.15) is 13.2 Å². The van der Waals surface area contributed by atoms with Crippen LogP contribution in [-0.2, 0) is 5.54 Å². The highest BCUT2D eigenvalue weighted by Gasteiger charge is 2.52. The predicted molar refractivity (Wildman–Crippen MR) is 71.7 cm³/mol. The SMILES string of the molecule is NC(C#Cc1ccccc1)(c1ccccc1)C(F)(F)F. The van der Waals surface area contributed by atoms with E-state index in [1.807, 2.05) is 0 Å². The molecule has 20 heavy (non-hydrogen) atoms. The van der Waals surface area contributed by atoms with Gasteiger partial charge in [0.25, 0.3) is 0 Å². The van der Waals surface area contributed by atoms with Crippen molar-refractivity contribution in [2.24, 2.45) is 5.73 Å². The fourth-order valence-corrected chi connectivity index (χ4v) is 1.70. The lowest BCUT2D eigenvalue weighted by Gasteiger charge is -2.26. The lowest BCUT2D eigenvalue weighted by Crippen LogP contribution is -2.49. The summed E-state index contributed by atoms with van der Waals surface area (Å²) in [6, 6.07) is 15.7. The Hall–Kier alpha value is -2.25. The van der Waals surface area contributed by atoms with Gasteiger partial charge in [0.05, 0.1) is 0 Å². The van der Waals surface area contributed by atoms with Crippen molar-refractivity contribution in [3.63, 3.8) is 0 Å². The molecule has 4 heteroatoms. The molecule has 2 rings (SSSR count). The predicted octanol–water partition coefficient (Wildman–Crippen LogP) is 3.45. The summed E-state index contributed by atoms with van der Waals surface area (Å²) in [6.45, 7) is 0. The molecule has 0 saturated heterocycles. The third-order valence-corrected chi connectivity index (χ3v) is 2.85. The van der Waals surface area contributed by atoms with E-state index < -0.39 is 11.7 Å². The molecule has 0 fully saturated rings. The quantitative estimate of drug-likeness (QED) is 0.792. The molecule has 102 valence electrons. The molecule has 1 unspecified atom stereocenters. The van der Waals surface area contributed by atoms with Gasteiger partial charge in [0, 0.05) is 5.56 Å². The molecule has 0 saturated carbocycles. The van der Waals surface area contributed by atoms with Gasteiger partial charge in [-0.3, -0.25) is 0 Å². The van der Waals surface area contributed by atoms with Crippen molar-refractivity contribution in [2.45, 2.75) is 11.7 Å². The van der Waals surface area contributed by atoms with Crippen LogP contribution >= 0.6 is 0 Å². The van der Waals surface area contributed by atoms with E-state index in [9.17, 15) is 13.2 Å². The van der Waals surface area contributed by atoms with Gasteiger partial charge in [0.15, 0.2) is 5.54 Å². The van der Waals surface area contributed by atoms with Gasteiger partial charge in [-0.15, -0.1) is 0 Å². The molecule has 0 aliphatic rings. The van der Waals surface area contributed by atoms with Crippen molar-refractivity contribution in [3.8, 4) is 11.8 Å². The third kappa shape index (κ3) is 2.84. The standard InChI is InChI=1S/C16H12F3N/c17-16(18,19)15(20,14-9-5-2-6-10-14)12-11-13-7-3-1-4-8-13/h1-10H,20H2. The van der Waals surface area contributed by atoms with Crippen LogP contribution in [0.3, 0.4) is 0 Å². The molecule has 2 aromatic carbocycles. The second kappa shape index (κ2) is 5.40. The zero-order valence-electron chi connectivity index (χ0n) is 10.5. The molecule has 0 aromatic heterocycles. The van der Waals surface area contributed by atoms with Crippen LogP contribution in [0.25, 0.3) is 0 Å². The zero-order valence-corrected chi connectivity index (χ0v) is 10.5. The fourth-order valence-electron chi connectivity index (χ4n) is 1.70. The van der Waals surface area contributed by atoms with E-state index in [2.05, 4.69) is 11.8 Å². The molecule has 2 aromatic rings. The van der Waals surface area contributed by atoms with Crippen molar-refractivity contribution in [1.29, 1.82) is 0 Å². The molecule has 1 nitrogen and oxygen atoms in total. The maximum absolute atomic E-state index is 13.3. The van der Waals surface area contributed by atoms with Crippen LogP contribution in [0.4, 0.5) is 13.2 Å². The van der Waals surface area contributed by atoms with E-state index in [-0.39, 0.29) is 5.56 Å². The summed E-state index contributed by atoms with van der Waals surface area (Å²) in [5, 5.41) is 0. The summed E-state index contributed by atoms with van der Waals surface area (Å²) >= 11 is 0. The van der Waals surface area contributed by atoms with Crippen LogP contribution in [0.15, 0.2) is 60.7 Å². The number of hydrogen-bond donors (Lipinski definition) is 1. The number of halogens is 3. The molecule has 1 atom stereocenters. The Morgan fingerprint density at radius 1 is 0.800 bits per heavy atom. The van der Waals surface area contributed by atoms with Crippen LogP contribution < -0.4 is 5.73 Å². The maximum atomic E-state index is 13.3. The monoisotopic (exact) mass is 275 g/mol. The summed E-state index contributed by atoms with van der Waals surface area (Å²) in [7, 11) is 0. The second-order valence-electron chi connectivity index (χ2n) is 4.29. The van der Waals surface area contributed by atoms with Crippen molar-refractivity contribution >= 4 is 0 Å². The first kappa shape index (κ1) is 14.2. The summed E-state index contributed by atoms with van der Waals surface area (Å²) in [5.74, 6) is 4.67. The summed E-state index contributed by atoms with van der Waals surface area (Å²) in [6.07, 6.45) is -4.66. The summed E-state index contributed by atoms with van der Waals surface area (Å²) < 4.78 is 39.8. The Morgan fingerprint density at radius 2 is 1.30 bits per heavy atom. The van der Waals surface area contributed by atoms with Crippen LogP contribution in [-0.4, -0.2) is 6.18 Å². The van der Waals surface area contributed by atoms with Crippen LogP contribution in [0.2, 0.25) is 0 Å². The average Bonchev–Trinajstić information content (AvgIpc) is 2.45. The van der Waals surface area contributed by atoms with Gasteiger partial charge in [0.1, 0.15) is 0 Å². The van der Waals surface area contributed by atoms with E-state index in [4.69, 9.17) is 5.73 Å². The zero-order chi connectivity index (χ0) is 14.6. The van der Waals surface area contributed by atoms with Crippen LogP contribution in [0.1, 0.15) is 11.1 Å². The van der Waals surface area contributed by atoms with E-state index in [0.717, 1.165) is 0 Å². The van der Waals surface area contributed by atoms with Crippen molar-refractivity contribution in [3.05, 3.63) is 71.8 Å². The first-order valence-corrected chi connectivity index (χ1v) is 5.93. The molecule has 0 heterocycles. The van der Waals surface area contributed by atoms with Crippen LogP contribution in [0, 0.1) is 11.8 Å². The first-order valence-electron chi connectivity index (χ1n) is 5.93. The molecule has 0 spiro atoms. The molecule has 0 amide bonds.